The molecule has 4 heteroatoms. The fraction of sp³-hybridized carbons (Fsp3) is 0.308. The van der Waals surface area contributed by atoms with Gasteiger partial charge in [-0.15, -0.1) is 0 Å². The lowest BCUT2D eigenvalue weighted by Crippen LogP contribution is -2.05. The maximum atomic E-state index is 11.4. The zero-order chi connectivity index (χ0) is 13.4. The first-order valence-electron chi connectivity index (χ1n) is 5.24. The van der Waals surface area contributed by atoms with E-state index in [0.717, 1.165) is 0 Å². The van der Waals surface area contributed by atoms with Crippen molar-refractivity contribution in [2.75, 3.05) is 14.2 Å². The summed E-state index contributed by atoms with van der Waals surface area (Å²) in [6, 6.07) is 4.31. The molecule has 1 N–H and O–H groups in total. The third-order valence-electron chi connectivity index (χ3n) is 1.96. The smallest absolute Gasteiger partial charge is 0.338 e. The highest BCUT2D eigenvalue weighted by molar-refractivity contribution is 5.95. The van der Waals surface area contributed by atoms with Crippen LogP contribution < -0.4 is 0 Å². The standard InChI is InChI=1S/C11H12O4.C2H6/c1-7(14-2)9-5-4-8(12)6-10(9)11(13)15-3;1-2/h4-6,12H,1H2,2-3H3;1-2H3. The second-order valence-corrected chi connectivity index (χ2v) is 2.85. The number of rotatable bonds is 3. The number of methoxy groups -OCH3 is 2. The highest BCUT2D eigenvalue weighted by atomic mass is 16.5. The Labute approximate surface area is 101 Å². The van der Waals surface area contributed by atoms with E-state index in [1.165, 1.54) is 26.4 Å². The lowest BCUT2D eigenvalue weighted by molar-refractivity contribution is 0.0599. The van der Waals surface area contributed by atoms with Gasteiger partial charge in [0.15, 0.2) is 0 Å². The molecule has 1 aromatic rings. The van der Waals surface area contributed by atoms with Crippen molar-refractivity contribution >= 4 is 11.7 Å². The number of carbonyl (C=O) groups is 1. The number of phenols is 1. The van der Waals surface area contributed by atoms with Crippen LogP contribution in [0.1, 0.15) is 29.8 Å². The van der Waals surface area contributed by atoms with Gasteiger partial charge in [0.05, 0.1) is 19.8 Å². The largest absolute Gasteiger partial charge is 0.508 e. The number of carbonyl (C=O) groups excluding carboxylic acids is 1. The normalized spacial score (nSPS) is 8.71. The van der Waals surface area contributed by atoms with Gasteiger partial charge in [-0.25, -0.2) is 4.79 Å². The Morgan fingerprint density at radius 2 is 1.76 bits per heavy atom. The molecule has 0 bridgehead atoms. The van der Waals surface area contributed by atoms with E-state index in [4.69, 9.17) is 4.74 Å². The predicted octanol–water partition coefficient (Wildman–Crippen LogP) is 2.82. The predicted molar refractivity (Wildman–Crippen MR) is 66.8 cm³/mol. The third-order valence-corrected chi connectivity index (χ3v) is 1.96. The molecule has 0 radical (unpaired) electrons. The van der Waals surface area contributed by atoms with E-state index < -0.39 is 5.97 Å². The molecule has 1 rings (SSSR count). The maximum absolute atomic E-state index is 11.4. The number of benzene rings is 1. The van der Waals surface area contributed by atoms with Gasteiger partial charge in [-0.3, -0.25) is 0 Å². The van der Waals surface area contributed by atoms with Crippen LogP contribution >= 0.6 is 0 Å². The van der Waals surface area contributed by atoms with E-state index in [-0.39, 0.29) is 11.3 Å². The van der Waals surface area contributed by atoms with Crippen molar-refractivity contribution in [2.24, 2.45) is 0 Å². The highest BCUT2D eigenvalue weighted by Gasteiger charge is 2.15. The summed E-state index contributed by atoms with van der Waals surface area (Å²) < 4.78 is 9.51. The summed E-state index contributed by atoms with van der Waals surface area (Å²) in [6.45, 7) is 7.64. The van der Waals surface area contributed by atoms with Crippen LogP contribution in [0.4, 0.5) is 0 Å². The topological polar surface area (TPSA) is 55.8 Å². The van der Waals surface area contributed by atoms with Crippen molar-refractivity contribution in [3.05, 3.63) is 35.9 Å². The molecule has 1 aromatic carbocycles. The summed E-state index contributed by atoms with van der Waals surface area (Å²) in [5, 5.41) is 9.26. The van der Waals surface area contributed by atoms with Crippen molar-refractivity contribution in [3.63, 3.8) is 0 Å². The Bertz CT molecular complexity index is 396. The van der Waals surface area contributed by atoms with Crippen molar-refractivity contribution in [2.45, 2.75) is 13.8 Å². The van der Waals surface area contributed by atoms with Crippen molar-refractivity contribution in [1.82, 2.24) is 0 Å². The first-order valence-corrected chi connectivity index (χ1v) is 5.24. The van der Waals surface area contributed by atoms with Crippen LogP contribution in [0.5, 0.6) is 5.75 Å². The first kappa shape index (κ1) is 15.0. The van der Waals surface area contributed by atoms with E-state index in [1.807, 2.05) is 13.8 Å². The van der Waals surface area contributed by atoms with E-state index in [1.54, 1.807) is 6.07 Å². The van der Waals surface area contributed by atoms with Crippen LogP contribution in [-0.2, 0) is 9.47 Å². The lowest BCUT2D eigenvalue weighted by Gasteiger charge is -2.09. The molecule has 0 heterocycles. The fourth-order valence-electron chi connectivity index (χ4n) is 1.16. The molecule has 0 aliphatic heterocycles. The van der Waals surface area contributed by atoms with Crippen LogP contribution in [0.3, 0.4) is 0 Å². The summed E-state index contributed by atoms with van der Waals surface area (Å²) in [4.78, 5) is 11.4. The highest BCUT2D eigenvalue weighted by Crippen LogP contribution is 2.23. The number of aromatic hydroxyl groups is 1. The molecule has 0 unspecified atom stereocenters. The SMILES string of the molecule is C=C(OC)c1ccc(O)cc1C(=O)OC.CC. The molecule has 0 aromatic heterocycles. The van der Waals surface area contributed by atoms with Crippen molar-refractivity contribution in [1.29, 1.82) is 0 Å². The van der Waals surface area contributed by atoms with Gasteiger partial charge in [-0.1, -0.05) is 20.4 Å². The molecule has 4 nitrogen and oxygen atoms in total. The van der Waals surface area contributed by atoms with Gasteiger partial charge < -0.3 is 14.6 Å². The zero-order valence-corrected chi connectivity index (χ0v) is 10.6. The van der Waals surface area contributed by atoms with Crippen LogP contribution in [0.2, 0.25) is 0 Å². The molecule has 0 amide bonds. The van der Waals surface area contributed by atoms with Gasteiger partial charge in [0.25, 0.3) is 0 Å². The summed E-state index contributed by atoms with van der Waals surface area (Å²) in [6.07, 6.45) is 0. The average molecular weight is 238 g/mol. The first-order chi connectivity index (χ1) is 8.10. The van der Waals surface area contributed by atoms with Gasteiger partial charge in [0.1, 0.15) is 11.5 Å². The molecular weight excluding hydrogens is 220 g/mol. The Balaban J connectivity index is 0.00000121. The van der Waals surface area contributed by atoms with Crippen molar-refractivity contribution in [3.8, 4) is 5.75 Å². The number of ether oxygens (including phenoxy) is 2. The summed E-state index contributed by atoms with van der Waals surface area (Å²) in [5.41, 5.74) is 0.728. The van der Waals surface area contributed by atoms with E-state index in [9.17, 15) is 9.90 Å². The molecule has 0 fully saturated rings. The molecule has 0 saturated carbocycles. The number of phenolic OH excluding ortho intramolecular Hbond substituents is 1. The monoisotopic (exact) mass is 238 g/mol. The minimum Gasteiger partial charge on any atom is -0.508 e. The summed E-state index contributed by atoms with van der Waals surface area (Å²) >= 11 is 0. The Kier molecular flexibility index (Phi) is 6.48. The summed E-state index contributed by atoms with van der Waals surface area (Å²) in [7, 11) is 2.72. The molecule has 0 spiro atoms. The average Bonchev–Trinajstić information content (AvgIpc) is 2.39. The van der Waals surface area contributed by atoms with E-state index in [0.29, 0.717) is 11.3 Å². The van der Waals surface area contributed by atoms with Gasteiger partial charge >= 0.3 is 5.97 Å². The second kappa shape index (κ2) is 7.33. The molecule has 0 atom stereocenters. The van der Waals surface area contributed by atoms with Gasteiger partial charge in [0.2, 0.25) is 0 Å². The Morgan fingerprint density at radius 1 is 1.18 bits per heavy atom. The lowest BCUT2D eigenvalue weighted by atomic mass is 10.1. The Hall–Kier alpha value is -1.97. The number of esters is 1. The quantitative estimate of drug-likeness (QED) is 0.650. The number of hydrogen-bond donors (Lipinski definition) is 1. The second-order valence-electron chi connectivity index (χ2n) is 2.85. The minimum absolute atomic E-state index is 0.0111. The van der Waals surface area contributed by atoms with Crippen LogP contribution in [0.15, 0.2) is 24.8 Å². The van der Waals surface area contributed by atoms with E-state index in [2.05, 4.69) is 11.3 Å². The van der Waals surface area contributed by atoms with Crippen LogP contribution in [-0.4, -0.2) is 25.3 Å². The minimum atomic E-state index is -0.543. The maximum Gasteiger partial charge on any atom is 0.338 e. The summed E-state index contributed by atoms with van der Waals surface area (Å²) in [5.74, 6) is -0.211. The van der Waals surface area contributed by atoms with Crippen molar-refractivity contribution < 1.29 is 19.4 Å². The molecule has 94 valence electrons. The molecule has 0 saturated heterocycles. The van der Waals surface area contributed by atoms with Gasteiger partial charge in [-0.05, 0) is 18.2 Å². The third kappa shape index (κ3) is 3.83. The zero-order valence-electron chi connectivity index (χ0n) is 10.6. The van der Waals surface area contributed by atoms with Crippen LogP contribution in [0.25, 0.3) is 5.76 Å². The van der Waals surface area contributed by atoms with Gasteiger partial charge in [-0.2, -0.15) is 0 Å². The van der Waals surface area contributed by atoms with Crippen LogP contribution in [0, 0.1) is 0 Å². The van der Waals surface area contributed by atoms with Gasteiger partial charge in [0, 0.05) is 5.56 Å². The molecule has 0 aliphatic carbocycles. The molecule has 0 aliphatic rings. The molecular formula is C13H18O4. The molecule has 17 heavy (non-hydrogen) atoms. The van der Waals surface area contributed by atoms with E-state index >= 15 is 0 Å². The number of hydrogen-bond acceptors (Lipinski definition) is 4. The fourth-order valence-corrected chi connectivity index (χ4v) is 1.16. The Morgan fingerprint density at radius 3 is 2.24 bits per heavy atom.